The predicted octanol–water partition coefficient (Wildman–Crippen LogP) is 1.90. The highest BCUT2D eigenvalue weighted by molar-refractivity contribution is 6.10. The summed E-state index contributed by atoms with van der Waals surface area (Å²) in [5, 5.41) is 0. The van der Waals surface area contributed by atoms with Crippen molar-refractivity contribution in [3.05, 3.63) is 0 Å². The van der Waals surface area contributed by atoms with Gasteiger partial charge in [0.25, 0.3) is 0 Å². The zero-order chi connectivity index (χ0) is 12.8. The Balaban J connectivity index is 2.68. The Morgan fingerprint density at radius 2 is 2.06 bits per heavy atom. The average molecular weight is 240 g/mol. The molecule has 0 aromatic rings. The summed E-state index contributed by atoms with van der Waals surface area (Å²) in [5.74, 6) is -1.66. The molecule has 0 spiro atoms. The van der Waals surface area contributed by atoms with Gasteiger partial charge in [-0.25, -0.2) is 0 Å². The lowest BCUT2D eigenvalue weighted by atomic mass is 9.75. The van der Waals surface area contributed by atoms with Gasteiger partial charge in [-0.15, -0.1) is 0 Å². The van der Waals surface area contributed by atoms with Crippen molar-refractivity contribution in [1.82, 2.24) is 0 Å². The van der Waals surface area contributed by atoms with E-state index < -0.39 is 11.9 Å². The lowest BCUT2D eigenvalue weighted by molar-refractivity contribution is -0.154. The highest BCUT2D eigenvalue weighted by Crippen LogP contribution is 2.30. The first kappa shape index (κ1) is 13.9. The molecule has 1 aliphatic rings. The maximum absolute atomic E-state index is 11.7. The second kappa shape index (κ2) is 6.52. The number of carbonyl (C=O) groups excluding carboxylic acids is 3. The first-order valence-electron chi connectivity index (χ1n) is 6.22. The average Bonchev–Trinajstić information content (AvgIpc) is 2.28. The van der Waals surface area contributed by atoms with E-state index in [1.54, 1.807) is 0 Å². The summed E-state index contributed by atoms with van der Waals surface area (Å²) in [6.07, 6.45) is 4.09. The maximum atomic E-state index is 11.7. The molecule has 0 N–H and O–H groups in total. The Morgan fingerprint density at radius 1 is 1.35 bits per heavy atom. The molecule has 0 bridgehead atoms. The topological polar surface area (TPSA) is 60.4 Å². The number of unbranched alkanes of at least 4 members (excludes halogenated alkanes) is 2. The van der Waals surface area contributed by atoms with Crippen molar-refractivity contribution in [1.29, 1.82) is 0 Å². The summed E-state index contributed by atoms with van der Waals surface area (Å²) in [6, 6.07) is 0. The molecule has 0 heterocycles. The molecule has 4 heteroatoms. The van der Waals surface area contributed by atoms with Gasteiger partial charge >= 0.3 is 5.97 Å². The molecule has 96 valence electrons. The molecule has 2 unspecified atom stereocenters. The van der Waals surface area contributed by atoms with Gasteiger partial charge in [0.2, 0.25) is 0 Å². The third-order valence-electron chi connectivity index (χ3n) is 3.31. The van der Waals surface area contributed by atoms with Crippen LogP contribution in [-0.4, -0.2) is 24.6 Å². The molecule has 0 saturated heterocycles. The van der Waals surface area contributed by atoms with Crippen LogP contribution in [0.3, 0.4) is 0 Å². The van der Waals surface area contributed by atoms with Gasteiger partial charge in [0, 0.05) is 6.42 Å². The summed E-state index contributed by atoms with van der Waals surface area (Å²) in [4.78, 5) is 34.7. The largest absolute Gasteiger partial charge is 0.468 e. The molecule has 1 saturated carbocycles. The van der Waals surface area contributed by atoms with E-state index in [1.165, 1.54) is 7.11 Å². The van der Waals surface area contributed by atoms with Crippen LogP contribution in [0.5, 0.6) is 0 Å². The van der Waals surface area contributed by atoms with Gasteiger partial charge in [-0.05, 0) is 12.3 Å². The Hall–Kier alpha value is -1.19. The number of rotatable bonds is 5. The van der Waals surface area contributed by atoms with Crippen LogP contribution in [0.1, 0.15) is 45.4 Å². The Kier molecular flexibility index (Phi) is 5.32. The van der Waals surface area contributed by atoms with Crippen LogP contribution in [0.15, 0.2) is 0 Å². The Labute approximate surface area is 102 Å². The number of ketones is 2. The van der Waals surface area contributed by atoms with Crippen molar-refractivity contribution in [2.45, 2.75) is 45.4 Å². The third-order valence-corrected chi connectivity index (χ3v) is 3.31. The minimum atomic E-state index is -0.713. The first-order chi connectivity index (χ1) is 8.10. The molecule has 0 radical (unpaired) electrons. The van der Waals surface area contributed by atoms with Crippen LogP contribution in [-0.2, 0) is 19.1 Å². The zero-order valence-electron chi connectivity index (χ0n) is 10.5. The minimum absolute atomic E-state index is 0.0448. The Morgan fingerprint density at radius 3 is 2.65 bits per heavy atom. The van der Waals surface area contributed by atoms with E-state index in [9.17, 15) is 14.4 Å². The molecule has 0 aliphatic heterocycles. The van der Waals surface area contributed by atoms with Gasteiger partial charge in [-0.3, -0.25) is 14.4 Å². The molecule has 0 amide bonds. The van der Waals surface area contributed by atoms with Gasteiger partial charge in [-0.1, -0.05) is 26.2 Å². The molecular formula is C13H20O4. The van der Waals surface area contributed by atoms with Crippen LogP contribution >= 0.6 is 0 Å². The van der Waals surface area contributed by atoms with Crippen LogP contribution in [0.25, 0.3) is 0 Å². The zero-order valence-corrected chi connectivity index (χ0v) is 10.5. The highest BCUT2D eigenvalue weighted by Gasteiger charge is 2.40. The van der Waals surface area contributed by atoms with Gasteiger partial charge in [0.05, 0.1) is 13.5 Å². The van der Waals surface area contributed by atoms with Crippen molar-refractivity contribution in [2.24, 2.45) is 11.8 Å². The van der Waals surface area contributed by atoms with Crippen LogP contribution in [0.4, 0.5) is 0 Å². The fourth-order valence-electron chi connectivity index (χ4n) is 2.43. The first-order valence-corrected chi connectivity index (χ1v) is 6.22. The number of methoxy groups -OCH3 is 1. The molecule has 2 atom stereocenters. The van der Waals surface area contributed by atoms with E-state index in [0.29, 0.717) is 6.42 Å². The monoisotopic (exact) mass is 240 g/mol. The second-order valence-corrected chi connectivity index (χ2v) is 4.64. The van der Waals surface area contributed by atoms with E-state index in [0.717, 1.165) is 25.7 Å². The number of Topliss-reactive ketones (excluding diaryl/α,β-unsaturated/α-hetero) is 2. The van der Waals surface area contributed by atoms with Crippen molar-refractivity contribution in [2.75, 3.05) is 7.11 Å². The van der Waals surface area contributed by atoms with Crippen molar-refractivity contribution in [3.8, 4) is 0 Å². The number of carbonyl (C=O) groups is 3. The summed E-state index contributed by atoms with van der Waals surface area (Å²) < 4.78 is 4.66. The van der Waals surface area contributed by atoms with Crippen LogP contribution in [0.2, 0.25) is 0 Å². The molecule has 1 aliphatic carbocycles. The molecular weight excluding hydrogens is 220 g/mol. The highest BCUT2D eigenvalue weighted by atomic mass is 16.5. The van der Waals surface area contributed by atoms with E-state index in [2.05, 4.69) is 11.7 Å². The van der Waals surface area contributed by atoms with Gasteiger partial charge in [0.1, 0.15) is 11.7 Å². The lowest BCUT2D eigenvalue weighted by Gasteiger charge is -2.27. The summed E-state index contributed by atoms with van der Waals surface area (Å²) in [5.41, 5.74) is 0. The van der Waals surface area contributed by atoms with Crippen molar-refractivity contribution >= 4 is 17.5 Å². The quantitative estimate of drug-likeness (QED) is 0.418. The van der Waals surface area contributed by atoms with E-state index in [1.807, 2.05) is 0 Å². The van der Waals surface area contributed by atoms with E-state index in [-0.39, 0.29) is 23.9 Å². The van der Waals surface area contributed by atoms with Crippen LogP contribution in [0, 0.1) is 11.8 Å². The smallest absolute Gasteiger partial charge is 0.316 e. The van der Waals surface area contributed by atoms with Gasteiger partial charge in [-0.2, -0.15) is 0 Å². The SMILES string of the molecule is CCCCCC1CC(=O)CC(=O)C1C(=O)OC. The minimum Gasteiger partial charge on any atom is -0.468 e. The number of esters is 1. The fraction of sp³-hybridized carbons (Fsp3) is 0.769. The summed E-state index contributed by atoms with van der Waals surface area (Å²) >= 11 is 0. The van der Waals surface area contributed by atoms with Gasteiger partial charge in [0.15, 0.2) is 5.78 Å². The van der Waals surface area contributed by atoms with E-state index >= 15 is 0 Å². The molecule has 1 fully saturated rings. The maximum Gasteiger partial charge on any atom is 0.316 e. The predicted molar refractivity (Wildman–Crippen MR) is 62.4 cm³/mol. The van der Waals surface area contributed by atoms with Crippen LogP contribution < -0.4 is 0 Å². The Bertz CT molecular complexity index is 309. The third kappa shape index (κ3) is 3.65. The second-order valence-electron chi connectivity index (χ2n) is 4.64. The standard InChI is InChI=1S/C13H20O4/c1-3-4-5-6-9-7-10(14)8-11(15)12(9)13(16)17-2/h9,12H,3-8H2,1-2H3. The van der Waals surface area contributed by atoms with Crippen molar-refractivity contribution in [3.63, 3.8) is 0 Å². The summed E-state index contributed by atoms with van der Waals surface area (Å²) in [7, 11) is 1.29. The lowest BCUT2D eigenvalue weighted by Crippen LogP contribution is -2.39. The fourth-order valence-corrected chi connectivity index (χ4v) is 2.43. The number of hydrogen-bond donors (Lipinski definition) is 0. The normalized spacial score (nSPS) is 24.8. The molecule has 17 heavy (non-hydrogen) atoms. The molecule has 0 aromatic carbocycles. The van der Waals surface area contributed by atoms with Gasteiger partial charge < -0.3 is 4.74 Å². The molecule has 0 aromatic heterocycles. The number of hydrogen-bond acceptors (Lipinski definition) is 4. The molecule has 4 nitrogen and oxygen atoms in total. The molecule has 1 rings (SSSR count). The summed E-state index contributed by atoms with van der Waals surface area (Å²) in [6.45, 7) is 2.09. The number of ether oxygens (including phenoxy) is 1. The van der Waals surface area contributed by atoms with Crippen molar-refractivity contribution < 1.29 is 19.1 Å². The van der Waals surface area contributed by atoms with E-state index in [4.69, 9.17) is 0 Å².